The Labute approximate surface area is 805 Å². The summed E-state index contributed by atoms with van der Waals surface area (Å²) < 4.78 is 574. The van der Waals surface area contributed by atoms with Gasteiger partial charge in [-0.15, -0.1) is 29.7 Å². The predicted octanol–water partition coefficient (Wildman–Crippen LogP) is 18.0. The molecule has 0 aliphatic carbocycles. The molecule has 17 aromatic carbocycles. The standard InChI is InChI=1S/C112H84N4OSi3.Pt/c1-112(2,3)86-72-73-113-110(78-86)116-106-67-32-31-64-104(106)105-70-69-89(80-108(105)116)117-88-42-36-41-87(79-88)114-81-115(107-71-68-83(77-109(107)114)82-38-33-61-99(74-82)118(90-43-13-4-14-44-90,91-45-15-5-16-46-91)92-47-17-6-18-48-92)111-102(84-39-34-62-100(75-84)119(93-49-19-7-20-50-93,94-51-21-8-22-52-94)95-53-23-9-24-54-95)65-37-66-103(111)85-40-35-63-101(76-85)120(96-55-25-10-26-56-96,97-57-27-11-28-58-97)98-59-29-12-30-60-98;/h4-78H,1-3H3;/q-2;/i4D,5D,6D,7D,8D,9D,10D,11D,12D,13D,14D,15D,16D,17D,18D,19D,20D,21D,22D,23D,24D,25D,26D,27D,28D,29D,30D,33D,34D,35D,38D,39D,40D,43D,44D,45D,46D,47D,48D,49D,50D,51D,52D,53D,54D,55D,56D,57D,58D,59D,60D,61D,62D,63D,74D,75D,76D;. The van der Waals surface area contributed by atoms with E-state index in [1.54, 1.807) is 24.4 Å². The van der Waals surface area contributed by atoms with Crippen LogP contribution in [0.25, 0.3) is 83.4 Å². The van der Waals surface area contributed by atoms with Crippen molar-refractivity contribution in [3.63, 3.8) is 0 Å². The van der Waals surface area contributed by atoms with Crippen LogP contribution in [0.4, 0.5) is 0 Å². The fraction of sp³-hybridized carbons (Fsp3) is 0.0357. The van der Waals surface area contributed by atoms with E-state index >= 15 is 0 Å². The van der Waals surface area contributed by atoms with Gasteiger partial charge in [-0.2, -0.15) is 18.2 Å². The third kappa shape index (κ3) is 13.8. The van der Waals surface area contributed by atoms with Crippen molar-refractivity contribution in [3.8, 4) is 62.1 Å². The number of benzene rings is 17. The van der Waals surface area contributed by atoms with Crippen LogP contribution in [-0.4, -0.2) is 38.3 Å². The van der Waals surface area contributed by atoms with Crippen molar-refractivity contribution in [3.05, 3.63) is 478 Å². The van der Waals surface area contributed by atoms with Crippen molar-refractivity contribution in [1.82, 2.24) is 14.1 Å². The van der Waals surface area contributed by atoms with E-state index in [1.165, 1.54) is 24.3 Å². The first-order valence-electron chi connectivity index (χ1n) is 65.1. The van der Waals surface area contributed by atoms with Crippen LogP contribution in [0.2, 0.25) is 0 Å². The zero-order chi connectivity index (χ0) is 130. The van der Waals surface area contributed by atoms with E-state index in [0.29, 0.717) is 27.6 Å². The Kier molecular flexibility index (Phi) is 9.92. The fourth-order valence-electron chi connectivity index (χ4n) is 14.9. The van der Waals surface area contributed by atoms with Crippen LogP contribution in [-0.2, 0) is 26.5 Å². The first-order valence-corrected chi connectivity index (χ1v) is 42.6. The van der Waals surface area contributed by atoms with Crippen LogP contribution in [0, 0.1) is 18.5 Å². The number of pyridine rings is 1. The van der Waals surface area contributed by atoms with Gasteiger partial charge in [-0.25, -0.2) is 4.98 Å². The van der Waals surface area contributed by atoms with Crippen LogP contribution in [0.15, 0.2) is 454 Å². The number of hydrogen-bond donors (Lipinski definition) is 0. The van der Waals surface area contributed by atoms with Crippen LogP contribution in [0.3, 0.4) is 0 Å². The van der Waals surface area contributed by atoms with Crippen molar-refractivity contribution < 1.29 is 109 Å². The molecule has 121 heavy (non-hydrogen) atoms. The van der Waals surface area contributed by atoms with Gasteiger partial charge in [0.1, 0.15) is 5.82 Å². The van der Waals surface area contributed by atoms with Crippen LogP contribution < -0.4 is 71.5 Å². The molecule has 20 aromatic rings. The number of ether oxygens (including phenoxy) is 1. The van der Waals surface area contributed by atoms with E-state index in [4.69, 9.17) is 22.1 Å². The zero-order valence-electron chi connectivity index (χ0n) is 120. The van der Waals surface area contributed by atoms with Gasteiger partial charge in [0.15, 0.2) is 24.2 Å². The second-order valence-electron chi connectivity index (χ2n) is 27.8. The van der Waals surface area contributed by atoms with Crippen molar-refractivity contribution >= 4 is 119 Å². The van der Waals surface area contributed by atoms with Crippen molar-refractivity contribution in [2.45, 2.75) is 26.2 Å². The first-order chi connectivity index (χ1) is 82.8. The summed E-state index contributed by atoms with van der Waals surface area (Å²) in [7, 11) is -20.9. The molecule has 0 saturated carbocycles. The molecular weight excluding hydrogens is 1700 g/mol. The van der Waals surface area contributed by atoms with Gasteiger partial charge >= 0.3 is 0 Å². The van der Waals surface area contributed by atoms with Crippen LogP contribution >= 0.6 is 0 Å². The van der Waals surface area contributed by atoms with Gasteiger partial charge in [-0.3, -0.25) is 4.57 Å². The average molecular weight is 1840 g/mol. The summed E-state index contributed by atoms with van der Waals surface area (Å²) in [6.45, 7) is 5.96. The molecule has 3 heterocycles. The fourth-order valence-corrected chi connectivity index (χ4v) is 25.6. The molecule has 0 fully saturated rings. The summed E-state index contributed by atoms with van der Waals surface area (Å²) in [6.07, 6.45) is 4.76. The number of nitrogens with zero attached hydrogens (tertiary/aromatic N) is 4. The molecule has 9 heteroatoms. The van der Waals surface area contributed by atoms with Gasteiger partial charge in [-0.05, 0) is 142 Å². The molecule has 0 atom stereocenters. The van der Waals surface area contributed by atoms with Gasteiger partial charge in [-0.1, -0.05) is 419 Å². The molecule has 3 aromatic heterocycles. The third-order valence-corrected chi connectivity index (χ3v) is 32.2. The Balaban J connectivity index is 0.0000192. The molecule has 20 rings (SSSR count). The maximum atomic E-state index is 11.6. The molecule has 0 aliphatic rings. The van der Waals surface area contributed by atoms with E-state index < -0.39 is 492 Å². The zero-order valence-corrected chi connectivity index (χ0v) is 68.2. The van der Waals surface area contributed by atoms with E-state index in [9.17, 15) is 65.8 Å². The Morgan fingerprint density at radius 3 is 1.18 bits per heavy atom. The average Bonchev–Trinajstić information content (AvgIpc) is 1.50. The van der Waals surface area contributed by atoms with Crippen molar-refractivity contribution in [2.75, 3.05) is 0 Å². The van der Waals surface area contributed by atoms with E-state index in [1.807, 2.05) is 49.6 Å². The summed E-state index contributed by atoms with van der Waals surface area (Å²) >= 11 is 0. The van der Waals surface area contributed by atoms with Crippen LogP contribution in [0.1, 0.15) is 104 Å². The van der Waals surface area contributed by atoms with Crippen molar-refractivity contribution in [1.29, 1.82) is 0 Å². The number of rotatable bonds is 20. The molecule has 0 amide bonds. The number of fused-ring (bicyclic) bond motifs is 4. The number of hydrogen-bond acceptors (Lipinski definition) is 2. The van der Waals surface area contributed by atoms with E-state index in [0.717, 1.165) is 51.1 Å². The topological polar surface area (TPSA) is 35.9 Å². The van der Waals surface area contributed by atoms with E-state index in [2.05, 4.69) is 18.5 Å². The van der Waals surface area contributed by atoms with Gasteiger partial charge in [0.25, 0.3) is 6.33 Å². The van der Waals surface area contributed by atoms with Gasteiger partial charge in [0.05, 0.1) is 94.9 Å². The third-order valence-electron chi connectivity index (χ3n) is 20.2. The second kappa shape index (κ2) is 32.9. The van der Waals surface area contributed by atoms with Gasteiger partial charge in [0, 0.05) is 44.3 Å². The minimum Gasteiger partial charge on any atom is -0.510 e. The predicted molar refractivity (Wildman–Crippen MR) is 506 cm³/mol. The Hall–Kier alpha value is -13.7. The first kappa shape index (κ1) is 36.5. The molecule has 0 spiro atoms. The molecule has 0 bridgehead atoms. The summed E-state index contributed by atoms with van der Waals surface area (Å²) in [6, 6.07) is -50.7. The molecule has 0 unspecified atom stereocenters. The molecule has 582 valence electrons. The Bertz CT molecular complexity index is 9780. The molecule has 0 saturated heterocycles. The minimum absolute atomic E-state index is 0. The molecule has 0 N–H and O–H groups in total. The normalized spacial score (nSPS) is 18.5. The second-order valence-corrected chi connectivity index (χ2v) is 38.3. The maximum Gasteiger partial charge on any atom is 0.268 e. The smallest absolute Gasteiger partial charge is 0.268 e. The molecule has 5 nitrogen and oxygen atoms in total. The van der Waals surface area contributed by atoms with Crippen LogP contribution in [0.5, 0.6) is 11.5 Å². The minimum atomic E-state index is -7.07. The quantitative estimate of drug-likeness (QED) is 0.0330. The van der Waals surface area contributed by atoms with Gasteiger partial charge < -0.3 is 13.9 Å². The molecule has 0 radical (unpaired) electrons. The summed E-state index contributed by atoms with van der Waals surface area (Å²) in [5.41, 5.74) is -7.57. The molecule has 0 aliphatic heterocycles. The van der Waals surface area contributed by atoms with E-state index in [-0.39, 0.29) is 32.6 Å². The Morgan fingerprint density at radius 2 is 0.744 bits per heavy atom. The summed E-state index contributed by atoms with van der Waals surface area (Å²) in [5.74, 6) is 0.00868. The molecular formula is C112H84N4OPtSi3-2. The largest absolute Gasteiger partial charge is 0.510 e. The van der Waals surface area contributed by atoms with Crippen molar-refractivity contribution in [2.24, 2.45) is 0 Å². The number of aromatic nitrogens is 4. The number of para-hydroxylation sites is 2. The SMILES string of the molecule is [2H]c1c([2H])c([2H])c([Si](c2c([2H])c([2H])c([2H])c([2H])c2[2H])(c2c([2H])c([2H])c([2H])c([2H])c2[2H])c2c([2H])c([2H])c([2H])c(-c3ccc4c(c3)n(-c3[c-]c(Oc5[c-]c6c(cc5)c5ccccc5n6-c5cc(C(C)(C)C)ccn5)ccc3)[c-][n+]4-c3c(-c4c([2H])c([2H])c([2H])c([Si](c5c([2H])c([2H])c([2H])c([2H])c5[2H])(c5c([2H])c([2H])c([2H])c([2H])c5[2H])c5c([2H])c([2H])c([2H])c([2H])c5[2H])c4[2H])cccc3-c3c([2H])c([2H])c([2H])c([Si](c4c([2H])c([2H])c([2H])c([2H])c4[2H])(c4c([2H])c([2H])c([2H])c([2H])c4[2H])c4c([2H])c([2H])c([2H])c([2H])c4[2H])c3[2H])c2[2H])c([2H])c1[2H].[Pt]. The Morgan fingerprint density at radius 1 is 0.347 bits per heavy atom. The monoisotopic (exact) mass is 1840 g/mol. The van der Waals surface area contributed by atoms with Gasteiger partial charge in [0.2, 0.25) is 0 Å². The summed E-state index contributed by atoms with van der Waals surface area (Å²) in [5, 5.41) is -15.2. The number of imidazole rings is 1. The summed E-state index contributed by atoms with van der Waals surface area (Å²) in [4.78, 5) is 4.81. The maximum absolute atomic E-state index is 11.6.